The van der Waals surface area contributed by atoms with Crippen LogP contribution < -0.4 is 0 Å². The standard InChI is InChI=1S/Ce.Cu.La.Mn. The minimum absolute atomic E-state index is 0. The minimum Gasteiger partial charge on any atom is 0 e. The van der Waals surface area contributed by atoms with E-state index in [1.54, 1.807) is 0 Å². The first kappa shape index (κ1) is 25.5. The summed E-state index contributed by atoms with van der Waals surface area (Å²) in [5.41, 5.74) is 0. The smallest absolute Gasteiger partial charge is 0 e. The normalized spacial score (nSPS) is 0. The second-order valence-corrected chi connectivity index (χ2v) is 0. The molecular formula is CeCuLaMn. The van der Waals surface area contributed by atoms with E-state index in [0.717, 1.165) is 0 Å². The third-order valence-corrected chi connectivity index (χ3v) is 0. The van der Waals surface area contributed by atoms with Crippen molar-refractivity contribution in [3.8, 4) is 0 Å². The van der Waals surface area contributed by atoms with Gasteiger partial charge in [0.25, 0.3) is 0 Å². The largest absolute Gasteiger partial charge is 0 e. The van der Waals surface area contributed by atoms with E-state index in [0.29, 0.717) is 0 Å². The summed E-state index contributed by atoms with van der Waals surface area (Å²) in [6.07, 6.45) is 0. The Morgan fingerprint density at radius 3 is 1.00 bits per heavy atom. The summed E-state index contributed by atoms with van der Waals surface area (Å²) < 4.78 is 0. The molecule has 4 heteroatoms. The molecule has 0 N–H and O–H groups in total. The summed E-state index contributed by atoms with van der Waals surface area (Å²) in [5.74, 6) is 0. The van der Waals surface area contributed by atoms with Crippen LogP contribution in [0.2, 0.25) is 0 Å². The van der Waals surface area contributed by atoms with Crippen LogP contribution in [0, 0.1) is 77.3 Å². The molecule has 0 aliphatic carbocycles. The maximum Gasteiger partial charge on any atom is 0 e. The molecular weight excluding hydrogens is 398 g/mol. The van der Waals surface area contributed by atoms with Gasteiger partial charge in [0.05, 0.1) is 0 Å². The van der Waals surface area contributed by atoms with Crippen molar-refractivity contribution in [3.63, 3.8) is 0 Å². The molecule has 0 saturated heterocycles. The molecule has 0 aliphatic rings. The van der Waals surface area contributed by atoms with Gasteiger partial charge in [0.1, 0.15) is 0 Å². The van der Waals surface area contributed by atoms with Gasteiger partial charge in [-0.3, -0.25) is 0 Å². The van der Waals surface area contributed by atoms with Crippen LogP contribution in [0.1, 0.15) is 0 Å². The maximum atomic E-state index is 0. The molecule has 0 saturated carbocycles. The summed E-state index contributed by atoms with van der Waals surface area (Å²) in [4.78, 5) is 0. The van der Waals surface area contributed by atoms with Crippen molar-refractivity contribution < 1.29 is 111 Å². The van der Waals surface area contributed by atoms with Crippen LogP contribution >= 0.6 is 0 Å². The van der Waals surface area contributed by atoms with Crippen LogP contribution in [0.5, 0.6) is 0 Å². The topological polar surface area (TPSA) is 0 Å². The van der Waals surface area contributed by atoms with Crippen LogP contribution in [-0.2, 0) is 34.1 Å². The Morgan fingerprint density at radius 1 is 1.00 bits per heavy atom. The number of hydrogen-bond acceptors (Lipinski definition) is 0. The zero-order valence-electron chi connectivity index (χ0n) is 1.76. The van der Waals surface area contributed by atoms with E-state index in [-0.39, 0.29) is 111 Å². The Kier molecular flexibility index (Phi) is 102. The van der Waals surface area contributed by atoms with Crippen LogP contribution in [-0.4, -0.2) is 0 Å². The number of hydrogen-bond donors (Lipinski definition) is 0. The van der Waals surface area contributed by atoms with Gasteiger partial charge >= 0.3 is 0 Å². The Hall–Kier alpha value is 3.61. The molecule has 4 heavy (non-hydrogen) atoms. The molecule has 0 aromatic heterocycles. The van der Waals surface area contributed by atoms with E-state index in [2.05, 4.69) is 0 Å². The van der Waals surface area contributed by atoms with E-state index in [1.807, 2.05) is 0 Å². The molecule has 0 amide bonds. The summed E-state index contributed by atoms with van der Waals surface area (Å²) in [6.45, 7) is 0. The predicted molar refractivity (Wildman–Crippen MR) is 0 cm³/mol. The molecule has 0 spiro atoms. The van der Waals surface area contributed by atoms with Gasteiger partial charge in [0.2, 0.25) is 0 Å². The molecule has 0 rings (SSSR count). The Bertz CT molecular complexity index is 8.00. The van der Waals surface area contributed by atoms with Crippen molar-refractivity contribution in [2.75, 3.05) is 0 Å². The number of rotatable bonds is 0. The monoisotopic (exact) mass is 397 g/mol. The van der Waals surface area contributed by atoms with Gasteiger partial charge in [-0.05, 0) is 0 Å². The van der Waals surface area contributed by atoms with Crippen molar-refractivity contribution >= 4 is 0 Å². The summed E-state index contributed by atoms with van der Waals surface area (Å²) >= 11 is 0. The van der Waals surface area contributed by atoms with E-state index in [1.165, 1.54) is 0 Å². The first-order valence-corrected chi connectivity index (χ1v) is 0. The zero-order valence-corrected chi connectivity index (χ0v) is 10.6. The first-order valence-electron chi connectivity index (χ1n) is 0. The first-order chi connectivity index (χ1) is 0. The summed E-state index contributed by atoms with van der Waals surface area (Å²) in [6, 6.07) is 0. The van der Waals surface area contributed by atoms with Gasteiger partial charge in [-0.1, -0.05) is 0 Å². The van der Waals surface area contributed by atoms with Crippen molar-refractivity contribution in [2.45, 2.75) is 0 Å². The maximum absolute atomic E-state index is 0. The molecule has 0 unspecified atom stereocenters. The fraction of sp³-hybridized carbons (Fsp3) is 0. The third kappa shape index (κ3) is 9.15. The molecule has 0 heterocycles. The molecule has 0 aromatic rings. The molecule has 0 atom stereocenters. The average molecular weight is 398 g/mol. The van der Waals surface area contributed by atoms with Crippen molar-refractivity contribution in [1.82, 2.24) is 0 Å². The van der Waals surface area contributed by atoms with Crippen molar-refractivity contribution in [3.05, 3.63) is 0 Å². The predicted octanol–water partition coefficient (Wildman–Crippen LogP) is -0.00500. The van der Waals surface area contributed by atoms with E-state index < -0.39 is 0 Å². The van der Waals surface area contributed by atoms with Crippen LogP contribution in [0.4, 0.5) is 0 Å². The third-order valence-electron chi connectivity index (χ3n) is 0. The molecule has 25 valence electrons. The Labute approximate surface area is 109 Å². The fourth-order valence-electron chi connectivity index (χ4n) is 0. The zero-order chi connectivity index (χ0) is 0. The van der Waals surface area contributed by atoms with Crippen molar-refractivity contribution in [1.29, 1.82) is 0 Å². The molecule has 0 bridgehead atoms. The second-order valence-electron chi connectivity index (χ2n) is 0. The summed E-state index contributed by atoms with van der Waals surface area (Å²) in [5, 5.41) is 0. The Balaban J connectivity index is 0. The van der Waals surface area contributed by atoms with E-state index in [9.17, 15) is 0 Å². The van der Waals surface area contributed by atoms with Crippen LogP contribution in [0.25, 0.3) is 0 Å². The van der Waals surface area contributed by atoms with Gasteiger partial charge in [-0.2, -0.15) is 0 Å². The van der Waals surface area contributed by atoms with Gasteiger partial charge in [-0.25, -0.2) is 0 Å². The van der Waals surface area contributed by atoms with Gasteiger partial charge in [0.15, 0.2) is 0 Å². The molecule has 0 fully saturated rings. The average Bonchev–Trinajstić information content (AvgIpc) is 0. The molecule has 0 aromatic carbocycles. The summed E-state index contributed by atoms with van der Waals surface area (Å²) in [7, 11) is 0. The van der Waals surface area contributed by atoms with E-state index in [4.69, 9.17) is 0 Å². The quantitative estimate of drug-likeness (QED) is 0.505. The molecule has 3 radical (unpaired) electrons. The van der Waals surface area contributed by atoms with Crippen molar-refractivity contribution in [2.24, 2.45) is 0 Å². The van der Waals surface area contributed by atoms with Crippen LogP contribution in [0.15, 0.2) is 0 Å². The van der Waals surface area contributed by atoms with E-state index >= 15 is 0 Å². The molecule has 0 nitrogen and oxygen atoms in total. The van der Waals surface area contributed by atoms with Gasteiger partial charge in [-0.15, -0.1) is 0 Å². The minimum atomic E-state index is 0. The van der Waals surface area contributed by atoms with Gasteiger partial charge in [0, 0.05) is 111 Å². The second kappa shape index (κ2) is 16.0. The van der Waals surface area contributed by atoms with Crippen LogP contribution in [0.3, 0.4) is 0 Å². The van der Waals surface area contributed by atoms with Gasteiger partial charge < -0.3 is 0 Å². The molecule has 0 aliphatic heterocycles. The SMILES string of the molecule is [Ce].[Cu].[La].[Mn]. The Morgan fingerprint density at radius 2 is 1.00 bits per heavy atom. The fourth-order valence-corrected chi connectivity index (χ4v) is 0.